The molecule has 9 unspecified atom stereocenters. The number of aromatic hydroxyl groups is 4. The number of fused-ring (bicyclic) bond motifs is 4. The van der Waals surface area contributed by atoms with Crippen LogP contribution in [0.1, 0.15) is 327 Å². The Hall–Kier alpha value is -6.31. The van der Waals surface area contributed by atoms with E-state index in [1.54, 1.807) is 13.0 Å². The number of carboxylic acid groups (broad SMARTS) is 3. The van der Waals surface area contributed by atoms with Gasteiger partial charge in [-0.05, 0) is 303 Å². The van der Waals surface area contributed by atoms with Crippen molar-refractivity contribution in [3.63, 3.8) is 0 Å². The molecule has 103 heavy (non-hydrogen) atoms. The number of carbonyl (C=O) groups is 3. The van der Waals surface area contributed by atoms with E-state index < -0.39 is 29.1 Å². The highest BCUT2D eigenvalue weighted by Gasteiger charge is 2.39. The Morgan fingerprint density at radius 3 is 0.961 bits per heavy atom. The van der Waals surface area contributed by atoms with Crippen LogP contribution in [-0.2, 0) is 40.1 Å². The summed E-state index contributed by atoms with van der Waals surface area (Å²) >= 11 is 0. The minimum atomic E-state index is -0.797. The summed E-state index contributed by atoms with van der Waals surface area (Å²) in [5.74, 6) is 6.69. The first-order valence-corrected chi connectivity index (χ1v) is 39.8. The van der Waals surface area contributed by atoms with Crippen LogP contribution in [0.3, 0.4) is 0 Å². The fourth-order valence-electron chi connectivity index (χ4n) is 15.9. The first-order valence-electron chi connectivity index (χ1n) is 39.8. The van der Waals surface area contributed by atoms with Crippen LogP contribution in [0.5, 0.6) is 46.0 Å². The van der Waals surface area contributed by atoms with E-state index in [4.69, 9.17) is 34.3 Å². The quantitative estimate of drug-likeness (QED) is 0.0249. The molecule has 7 N–H and O–H groups in total. The number of aryl methyl sites for hydroxylation is 1. The number of rotatable bonds is 31. The second-order valence-corrected chi connectivity index (χ2v) is 34.3. The number of ether oxygens (including phenoxy) is 4. The summed E-state index contributed by atoms with van der Waals surface area (Å²) in [4.78, 5) is 32.4. The molecule has 0 aromatic heterocycles. The van der Waals surface area contributed by atoms with Crippen molar-refractivity contribution < 1.29 is 69.1 Å². The summed E-state index contributed by atoms with van der Waals surface area (Å²) in [5, 5.41) is 67.4. The Morgan fingerprint density at radius 2 is 0.641 bits per heavy atom. The lowest BCUT2D eigenvalue weighted by Crippen LogP contribution is -2.37. The van der Waals surface area contributed by atoms with Gasteiger partial charge in [0.25, 0.3) is 0 Å². The lowest BCUT2D eigenvalue weighted by Gasteiger charge is -2.38. The average molecular weight is 1430 g/mol. The lowest BCUT2D eigenvalue weighted by atomic mass is 9.84. The van der Waals surface area contributed by atoms with E-state index >= 15 is 0 Å². The molecule has 0 fully saturated rings. The number of carboxylic acids is 3. The van der Waals surface area contributed by atoms with Gasteiger partial charge in [0.1, 0.15) is 68.4 Å². The maximum absolute atomic E-state index is 10.9. The highest BCUT2D eigenvalue weighted by molar-refractivity contribution is 5.69. The molecular weight excluding hydrogens is 1290 g/mol. The van der Waals surface area contributed by atoms with Gasteiger partial charge in [0.05, 0.1) is 5.92 Å². The first kappa shape index (κ1) is 87.3. The summed E-state index contributed by atoms with van der Waals surface area (Å²) in [5.41, 5.74) is 13.9. The number of hydrogen-bond acceptors (Lipinski definition) is 11. The predicted molar refractivity (Wildman–Crippen MR) is 419 cm³/mol. The largest absolute Gasteiger partial charge is 0.508 e. The molecule has 9 atom stereocenters. The minimum Gasteiger partial charge on any atom is -0.508 e. The number of aliphatic carboxylic acids is 3. The predicted octanol–water partition coefficient (Wildman–Crippen LogP) is 23.0. The van der Waals surface area contributed by atoms with Gasteiger partial charge in [-0.25, -0.2) is 0 Å². The third-order valence-corrected chi connectivity index (χ3v) is 24.5. The average Bonchev–Trinajstić information content (AvgIpc) is 0.794. The van der Waals surface area contributed by atoms with Crippen LogP contribution in [0.4, 0.5) is 0 Å². The Morgan fingerprint density at radius 1 is 0.359 bits per heavy atom. The molecule has 8 rings (SSSR count). The molecular formula is C89H140O14. The Labute approximate surface area is 622 Å². The molecule has 580 valence electrons. The SMILES string of the molecule is Cc1c(C)c2c(c(C)c1O)CCC(C)(CCC(=O)O)O2.Cc1c(C)c2c(c(C)c1O)CCC(C)(CCCC(C)CCCC(C)CCCC(C)C(=O)O)O2.Cc1c(C)c2c(c(C)c1O)CCC(C)(CCCC(C)CCCC(C)CCCC(C)C)O2.Cc1c(O)cc2c(c1C)OC(C)(CCC(=O)O)CC2. The molecule has 0 amide bonds. The summed E-state index contributed by atoms with van der Waals surface area (Å²) < 4.78 is 25.4. The van der Waals surface area contributed by atoms with E-state index in [9.17, 15) is 34.8 Å². The van der Waals surface area contributed by atoms with Crippen molar-refractivity contribution in [2.75, 3.05) is 0 Å². The molecule has 14 heteroatoms. The van der Waals surface area contributed by atoms with Crippen LogP contribution in [-0.4, -0.2) is 76.1 Å². The molecule has 4 aliphatic rings. The van der Waals surface area contributed by atoms with Gasteiger partial charge in [-0.2, -0.15) is 0 Å². The van der Waals surface area contributed by atoms with Crippen LogP contribution < -0.4 is 18.9 Å². The smallest absolute Gasteiger partial charge is 0.306 e. The number of phenolic OH excluding ortho intramolecular Hbond substituents is 4. The molecule has 0 radical (unpaired) electrons. The molecule has 0 saturated carbocycles. The van der Waals surface area contributed by atoms with E-state index in [0.29, 0.717) is 41.8 Å². The molecule has 4 aromatic rings. The topological polar surface area (TPSA) is 230 Å². The van der Waals surface area contributed by atoms with Crippen molar-refractivity contribution in [2.24, 2.45) is 35.5 Å². The van der Waals surface area contributed by atoms with Crippen molar-refractivity contribution >= 4 is 17.9 Å². The zero-order chi connectivity index (χ0) is 77.2. The molecule has 0 spiro atoms. The molecule has 4 aromatic carbocycles. The van der Waals surface area contributed by atoms with Gasteiger partial charge >= 0.3 is 17.9 Å². The van der Waals surface area contributed by atoms with Crippen LogP contribution >= 0.6 is 0 Å². The van der Waals surface area contributed by atoms with Crippen molar-refractivity contribution in [3.05, 3.63) is 89.5 Å². The molecule has 14 nitrogen and oxygen atoms in total. The number of benzene rings is 4. The summed E-state index contributed by atoms with van der Waals surface area (Å²) in [6.45, 7) is 46.2. The molecule has 4 heterocycles. The standard InChI is InChI=1S/C29H48O4.C29H50O2.C16H22O4.C15H20O4/c1-19(13-9-15-21(3)28(31)32)11-8-12-20(2)14-10-17-29(7)18-16-25-24(6)26(30)22(4)23(5)27(25)33-29;1-20(2)12-9-13-21(3)14-10-15-22(4)16-11-18-29(8)19-17-26-25(7)27(30)23(5)24(6)28(26)31-29;1-9-10(2)15-12(11(3)14(9)19)5-7-16(4,20-15)8-6-13(17)18;1-9-10(2)14-11(8-12(9)16)4-6-15(3,19-14)7-5-13(17)18/h19-21,30H,8-18H2,1-7H3,(H,31,32);20-22,30H,9-19H2,1-8H3;19H,5-8H2,1-4H3,(H,17,18);8,16H,4-7H2,1-3H3,(H,17,18). The fraction of sp³-hybridized carbons (Fsp3) is 0.697. The van der Waals surface area contributed by atoms with Gasteiger partial charge in [-0.3, -0.25) is 14.4 Å². The maximum atomic E-state index is 10.9. The summed E-state index contributed by atoms with van der Waals surface area (Å²) in [6.07, 6.45) is 30.7. The van der Waals surface area contributed by atoms with Crippen LogP contribution in [0.2, 0.25) is 0 Å². The van der Waals surface area contributed by atoms with Gasteiger partial charge in [0, 0.05) is 29.5 Å². The van der Waals surface area contributed by atoms with E-state index in [0.717, 1.165) is 202 Å². The van der Waals surface area contributed by atoms with E-state index in [1.165, 1.54) is 94.6 Å². The fourth-order valence-corrected chi connectivity index (χ4v) is 15.9. The second-order valence-electron chi connectivity index (χ2n) is 34.3. The Kier molecular flexibility index (Phi) is 32.9. The van der Waals surface area contributed by atoms with Crippen LogP contribution in [0.25, 0.3) is 0 Å². The van der Waals surface area contributed by atoms with Gasteiger partial charge in [0.15, 0.2) is 0 Å². The molecule has 0 bridgehead atoms. The van der Waals surface area contributed by atoms with Gasteiger partial charge in [0.2, 0.25) is 0 Å². The van der Waals surface area contributed by atoms with E-state index in [1.807, 2.05) is 76.2 Å². The number of hydrogen-bond donors (Lipinski definition) is 7. The Balaban J connectivity index is 0.000000253. The minimum absolute atomic E-state index is 0.0712. The normalized spacial score (nSPS) is 20.8. The van der Waals surface area contributed by atoms with Crippen molar-refractivity contribution in [1.29, 1.82) is 0 Å². The summed E-state index contributed by atoms with van der Waals surface area (Å²) in [7, 11) is 0. The van der Waals surface area contributed by atoms with Crippen molar-refractivity contribution in [3.8, 4) is 46.0 Å². The van der Waals surface area contributed by atoms with Gasteiger partial charge < -0.3 is 54.7 Å². The van der Waals surface area contributed by atoms with Crippen molar-refractivity contribution in [2.45, 2.75) is 367 Å². The van der Waals surface area contributed by atoms with E-state index in [2.05, 4.69) is 69.2 Å². The zero-order valence-electron chi connectivity index (χ0n) is 68.2. The second kappa shape index (κ2) is 38.8. The monoisotopic (exact) mass is 1430 g/mol. The molecule has 4 aliphatic heterocycles. The lowest BCUT2D eigenvalue weighted by molar-refractivity contribution is -0.141. The van der Waals surface area contributed by atoms with Crippen LogP contribution in [0, 0.1) is 112 Å². The highest BCUT2D eigenvalue weighted by atomic mass is 16.5. The van der Waals surface area contributed by atoms with Gasteiger partial charge in [-0.1, -0.05) is 132 Å². The summed E-state index contributed by atoms with van der Waals surface area (Å²) in [6, 6.07) is 1.76. The third kappa shape index (κ3) is 24.9. The third-order valence-electron chi connectivity index (χ3n) is 24.5. The Bertz CT molecular complexity index is 3490. The molecule has 0 aliphatic carbocycles. The zero-order valence-corrected chi connectivity index (χ0v) is 68.2. The number of phenols is 4. The highest BCUT2D eigenvalue weighted by Crippen LogP contribution is 2.49. The maximum Gasteiger partial charge on any atom is 0.306 e. The van der Waals surface area contributed by atoms with E-state index in [-0.39, 0.29) is 30.0 Å². The van der Waals surface area contributed by atoms with Gasteiger partial charge in [-0.15, -0.1) is 0 Å². The van der Waals surface area contributed by atoms with Crippen molar-refractivity contribution in [1.82, 2.24) is 0 Å². The first-order chi connectivity index (χ1) is 48.1. The van der Waals surface area contributed by atoms with Crippen LogP contribution in [0.15, 0.2) is 6.07 Å². The molecule has 0 saturated heterocycles.